The largest absolute Gasteiger partial charge is 0.497 e. The molecule has 0 unspecified atom stereocenters. The van der Waals surface area contributed by atoms with Gasteiger partial charge in [0.05, 0.1) is 13.7 Å². The lowest BCUT2D eigenvalue weighted by Gasteiger charge is -2.13. The van der Waals surface area contributed by atoms with Crippen molar-refractivity contribution < 1.29 is 4.74 Å². The molecule has 5 nitrogen and oxygen atoms in total. The summed E-state index contributed by atoms with van der Waals surface area (Å²) in [5.41, 5.74) is 3.71. The first-order valence-electron chi connectivity index (χ1n) is 8.98. The van der Waals surface area contributed by atoms with Gasteiger partial charge in [0.2, 0.25) is 0 Å². The van der Waals surface area contributed by atoms with Gasteiger partial charge in [0.25, 0.3) is 0 Å². The number of guanidine groups is 1. The van der Waals surface area contributed by atoms with Gasteiger partial charge in [-0.1, -0.05) is 36.4 Å². The Kier molecular flexibility index (Phi) is 7.96. The minimum absolute atomic E-state index is 0.626. The van der Waals surface area contributed by atoms with Crippen LogP contribution in [-0.4, -0.2) is 38.6 Å². The number of aliphatic imine (C=N–C) groups is 1. The zero-order valence-corrected chi connectivity index (χ0v) is 16.2. The Labute approximate surface area is 157 Å². The van der Waals surface area contributed by atoms with Crippen LogP contribution in [0.2, 0.25) is 0 Å². The van der Waals surface area contributed by atoms with Crippen LogP contribution in [-0.2, 0) is 19.6 Å². The molecule has 0 radical (unpaired) electrons. The van der Waals surface area contributed by atoms with E-state index in [4.69, 9.17) is 4.74 Å². The number of hydrogen-bond donors (Lipinski definition) is 2. The van der Waals surface area contributed by atoms with Gasteiger partial charge in [-0.15, -0.1) is 0 Å². The van der Waals surface area contributed by atoms with Gasteiger partial charge in [0, 0.05) is 19.6 Å². The highest BCUT2D eigenvalue weighted by Gasteiger charge is 2.00. The average molecular weight is 354 g/mol. The summed E-state index contributed by atoms with van der Waals surface area (Å²) in [4.78, 5) is 6.83. The van der Waals surface area contributed by atoms with Gasteiger partial charge in [-0.2, -0.15) is 0 Å². The van der Waals surface area contributed by atoms with Crippen molar-refractivity contribution in [2.45, 2.75) is 26.6 Å². The predicted molar refractivity (Wildman–Crippen MR) is 108 cm³/mol. The topological polar surface area (TPSA) is 48.9 Å². The maximum Gasteiger partial charge on any atom is 0.191 e. The molecule has 0 aromatic heterocycles. The van der Waals surface area contributed by atoms with Crippen LogP contribution >= 0.6 is 0 Å². The molecule has 2 rings (SSSR count). The second-order valence-corrected chi connectivity index (χ2v) is 6.45. The van der Waals surface area contributed by atoms with E-state index in [9.17, 15) is 0 Å². The molecule has 0 spiro atoms. The van der Waals surface area contributed by atoms with E-state index >= 15 is 0 Å². The number of ether oxygens (including phenoxy) is 1. The van der Waals surface area contributed by atoms with Crippen molar-refractivity contribution in [1.82, 2.24) is 15.5 Å². The first-order chi connectivity index (χ1) is 12.6. The van der Waals surface area contributed by atoms with Gasteiger partial charge in [-0.25, -0.2) is 4.99 Å². The van der Waals surface area contributed by atoms with E-state index in [1.807, 2.05) is 24.3 Å². The molecule has 0 saturated carbocycles. The molecule has 0 aliphatic carbocycles. The van der Waals surface area contributed by atoms with Crippen LogP contribution in [0, 0.1) is 0 Å². The van der Waals surface area contributed by atoms with Gasteiger partial charge in [-0.05, 0) is 49.8 Å². The third kappa shape index (κ3) is 6.76. The van der Waals surface area contributed by atoms with Gasteiger partial charge in [0.1, 0.15) is 5.75 Å². The molecule has 0 aliphatic heterocycles. The lowest BCUT2D eigenvalue weighted by Crippen LogP contribution is -2.36. The summed E-state index contributed by atoms with van der Waals surface area (Å²) in [6, 6.07) is 16.7. The second kappa shape index (κ2) is 10.5. The molecule has 140 valence electrons. The Morgan fingerprint density at radius 3 is 2.12 bits per heavy atom. The maximum atomic E-state index is 5.19. The van der Waals surface area contributed by atoms with E-state index in [1.165, 1.54) is 11.1 Å². The Bertz CT molecular complexity index is 678. The SMILES string of the molecule is CCNC(=NCc1ccc(OC)cc1)NCc1ccc(CN(C)C)cc1. The molecule has 0 atom stereocenters. The summed E-state index contributed by atoms with van der Waals surface area (Å²) >= 11 is 0. The average Bonchev–Trinajstić information content (AvgIpc) is 2.65. The number of nitrogens with one attached hydrogen (secondary N) is 2. The molecule has 0 amide bonds. The van der Waals surface area contributed by atoms with E-state index in [2.05, 4.69) is 65.8 Å². The molecule has 2 aromatic rings. The summed E-state index contributed by atoms with van der Waals surface area (Å²) < 4.78 is 5.19. The quantitative estimate of drug-likeness (QED) is 0.565. The van der Waals surface area contributed by atoms with E-state index in [0.717, 1.165) is 36.9 Å². The van der Waals surface area contributed by atoms with Gasteiger partial charge < -0.3 is 20.3 Å². The van der Waals surface area contributed by atoms with Crippen molar-refractivity contribution in [3.8, 4) is 5.75 Å². The van der Waals surface area contributed by atoms with Crippen molar-refractivity contribution in [3.05, 3.63) is 65.2 Å². The number of hydrogen-bond acceptors (Lipinski definition) is 3. The molecule has 0 aliphatic rings. The van der Waals surface area contributed by atoms with E-state index < -0.39 is 0 Å². The van der Waals surface area contributed by atoms with Gasteiger partial charge in [-0.3, -0.25) is 0 Å². The number of rotatable bonds is 8. The standard InChI is InChI=1S/C21H30N4O/c1-5-22-21(24-15-18-10-12-20(26-4)13-11-18)23-14-17-6-8-19(9-7-17)16-25(2)3/h6-13H,5,14-16H2,1-4H3,(H2,22,23,24). The molecular formula is C21H30N4O. The van der Waals surface area contributed by atoms with E-state index in [0.29, 0.717) is 6.54 Å². The van der Waals surface area contributed by atoms with Crippen molar-refractivity contribution in [1.29, 1.82) is 0 Å². The lowest BCUT2D eigenvalue weighted by molar-refractivity contribution is 0.402. The number of benzene rings is 2. The highest BCUT2D eigenvalue weighted by molar-refractivity contribution is 5.79. The van der Waals surface area contributed by atoms with Crippen LogP contribution < -0.4 is 15.4 Å². The Hall–Kier alpha value is -2.53. The summed E-state index contributed by atoms with van der Waals surface area (Å²) in [6.07, 6.45) is 0. The van der Waals surface area contributed by atoms with Crippen molar-refractivity contribution in [2.75, 3.05) is 27.7 Å². The molecule has 26 heavy (non-hydrogen) atoms. The van der Waals surface area contributed by atoms with Crippen LogP contribution in [0.25, 0.3) is 0 Å². The van der Waals surface area contributed by atoms with Gasteiger partial charge in [0.15, 0.2) is 5.96 Å². The fraction of sp³-hybridized carbons (Fsp3) is 0.381. The fourth-order valence-corrected chi connectivity index (χ4v) is 2.56. The number of nitrogens with zero attached hydrogens (tertiary/aromatic N) is 2. The van der Waals surface area contributed by atoms with E-state index in [-0.39, 0.29) is 0 Å². The molecule has 2 aromatic carbocycles. The van der Waals surface area contributed by atoms with Crippen LogP contribution in [0.15, 0.2) is 53.5 Å². The summed E-state index contributed by atoms with van der Waals surface area (Å²) in [5.74, 6) is 1.68. The fourth-order valence-electron chi connectivity index (χ4n) is 2.56. The minimum atomic E-state index is 0.626. The normalized spacial score (nSPS) is 11.5. The molecule has 0 fully saturated rings. The first-order valence-corrected chi connectivity index (χ1v) is 8.98. The third-order valence-electron chi connectivity index (χ3n) is 3.90. The zero-order valence-electron chi connectivity index (χ0n) is 16.2. The molecule has 5 heteroatoms. The van der Waals surface area contributed by atoms with Gasteiger partial charge >= 0.3 is 0 Å². The van der Waals surface area contributed by atoms with Crippen molar-refractivity contribution in [3.63, 3.8) is 0 Å². The van der Waals surface area contributed by atoms with Crippen LogP contribution in [0.1, 0.15) is 23.6 Å². The third-order valence-corrected chi connectivity index (χ3v) is 3.90. The second-order valence-electron chi connectivity index (χ2n) is 6.45. The highest BCUT2D eigenvalue weighted by atomic mass is 16.5. The Morgan fingerprint density at radius 1 is 0.923 bits per heavy atom. The van der Waals surface area contributed by atoms with Crippen LogP contribution in [0.4, 0.5) is 0 Å². The number of methoxy groups -OCH3 is 1. The van der Waals surface area contributed by atoms with Crippen molar-refractivity contribution >= 4 is 5.96 Å². The van der Waals surface area contributed by atoms with Crippen LogP contribution in [0.3, 0.4) is 0 Å². The molecular weight excluding hydrogens is 324 g/mol. The predicted octanol–water partition coefficient (Wildman–Crippen LogP) is 3.01. The first kappa shape index (κ1) is 19.8. The van der Waals surface area contributed by atoms with Crippen LogP contribution in [0.5, 0.6) is 5.75 Å². The zero-order chi connectivity index (χ0) is 18.8. The van der Waals surface area contributed by atoms with E-state index in [1.54, 1.807) is 7.11 Å². The Morgan fingerprint density at radius 2 is 1.54 bits per heavy atom. The maximum absolute atomic E-state index is 5.19. The smallest absolute Gasteiger partial charge is 0.191 e. The summed E-state index contributed by atoms with van der Waals surface area (Å²) in [5, 5.41) is 6.68. The summed E-state index contributed by atoms with van der Waals surface area (Å²) in [6.45, 7) is 5.23. The molecule has 0 heterocycles. The molecule has 2 N–H and O–H groups in total. The lowest BCUT2D eigenvalue weighted by atomic mass is 10.1. The highest BCUT2D eigenvalue weighted by Crippen LogP contribution is 2.12. The minimum Gasteiger partial charge on any atom is -0.497 e. The summed E-state index contributed by atoms with van der Waals surface area (Å²) in [7, 11) is 5.84. The Balaban J connectivity index is 1.91. The monoisotopic (exact) mass is 354 g/mol. The molecule has 0 bridgehead atoms. The van der Waals surface area contributed by atoms with Crippen molar-refractivity contribution in [2.24, 2.45) is 4.99 Å². The molecule has 0 saturated heterocycles.